The Balaban J connectivity index is 0.787. The summed E-state index contributed by atoms with van der Waals surface area (Å²) >= 11 is 0. The molecule has 3 fully saturated rings. The third-order valence-corrected chi connectivity index (χ3v) is 15.9. The molecule has 6 N–H and O–H groups in total. The SMILES string of the molecule is CC(C)CN(C[C@@H](O)[C@H](Cc1ccccc1)NC(=O)O[C@H]1CO[C@H]2OCC[C@H]21)S(=O)(=O)c1ccc(CNC(=O)[C@@H]2CCCN2C(=O)[C@@H](N)CCCCNC(=O)OCC2c3ccccc3-c3ccccc32)cc1. The van der Waals surface area contributed by atoms with Crippen LogP contribution in [0.5, 0.6) is 0 Å². The van der Waals surface area contributed by atoms with Crippen LogP contribution in [0, 0.1) is 11.8 Å². The van der Waals surface area contributed by atoms with E-state index in [0.29, 0.717) is 63.8 Å². The molecule has 7 atom stereocenters. The molecule has 1 aliphatic carbocycles. The minimum atomic E-state index is -4.15. The number of amides is 4. The van der Waals surface area contributed by atoms with Crippen molar-refractivity contribution in [3.8, 4) is 11.1 Å². The fraction of sp³-hybridized carbons (Fsp3) is 0.481. The maximum Gasteiger partial charge on any atom is 0.407 e. The van der Waals surface area contributed by atoms with Gasteiger partial charge in [-0.2, -0.15) is 4.31 Å². The largest absolute Gasteiger partial charge is 0.449 e. The molecule has 0 spiro atoms. The van der Waals surface area contributed by atoms with Gasteiger partial charge in [0.25, 0.3) is 0 Å². The normalized spacial score (nSPS) is 20.6. The highest BCUT2D eigenvalue weighted by Crippen LogP contribution is 2.44. The van der Waals surface area contributed by atoms with E-state index < -0.39 is 58.8 Å². The van der Waals surface area contributed by atoms with Gasteiger partial charge in [0.1, 0.15) is 18.8 Å². The number of hydrogen-bond acceptors (Lipinski definition) is 12. The Morgan fingerprint density at radius 2 is 1.53 bits per heavy atom. The van der Waals surface area contributed by atoms with Crippen LogP contribution in [0.1, 0.15) is 80.5 Å². The molecule has 4 aromatic rings. The zero-order chi connectivity index (χ0) is 50.8. The molecule has 386 valence electrons. The van der Waals surface area contributed by atoms with Gasteiger partial charge in [-0.25, -0.2) is 18.0 Å². The van der Waals surface area contributed by atoms with Crippen LogP contribution in [0.15, 0.2) is 108 Å². The number of ether oxygens (including phenoxy) is 4. The first-order chi connectivity index (χ1) is 34.8. The molecule has 0 radical (unpaired) electrons. The Hall–Kier alpha value is -5.89. The molecule has 3 aliphatic heterocycles. The van der Waals surface area contributed by atoms with Crippen molar-refractivity contribution in [3.63, 3.8) is 0 Å². The number of fused-ring (bicyclic) bond motifs is 4. The number of hydrogen-bond donors (Lipinski definition) is 5. The van der Waals surface area contributed by atoms with Gasteiger partial charge in [-0.3, -0.25) is 9.59 Å². The molecule has 0 aromatic heterocycles. The molecular weight excluding hydrogens is 941 g/mol. The van der Waals surface area contributed by atoms with Gasteiger partial charge in [-0.1, -0.05) is 105 Å². The maximum atomic E-state index is 14.2. The van der Waals surface area contributed by atoms with Crippen LogP contribution in [0.3, 0.4) is 0 Å². The second kappa shape index (κ2) is 24.2. The van der Waals surface area contributed by atoms with E-state index in [1.165, 1.54) is 21.3 Å². The average Bonchev–Trinajstić information content (AvgIpc) is 4.20. The van der Waals surface area contributed by atoms with Crippen molar-refractivity contribution < 1.29 is 51.6 Å². The predicted molar refractivity (Wildman–Crippen MR) is 269 cm³/mol. The second-order valence-electron chi connectivity index (χ2n) is 19.6. The van der Waals surface area contributed by atoms with Crippen molar-refractivity contribution in [2.45, 2.75) is 113 Å². The van der Waals surface area contributed by atoms with Crippen LogP contribution >= 0.6 is 0 Å². The van der Waals surface area contributed by atoms with E-state index in [4.69, 9.17) is 24.7 Å². The lowest BCUT2D eigenvalue weighted by Gasteiger charge is -2.31. The van der Waals surface area contributed by atoms with E-state index in [9.17, 15) is 32.7 Å². The van der Waals surface area contributed by atoms with E-state index >= 15 is 0 Å². The number of carbonyl (C=O) groups excluding carboxylic acids is 4. The number of aliphatic hydroxyl groups is 1. The maximum absolute atomic E-state index is 14.2. The number of alkyl carbamates (subject to hydrolysis) is 2. The summed E-state index contributed by atoms with van der Waals surface area (Å²) in [5, 5.41) is 20.2. The highest BCUT2D eigenvalue weighted by atomic mass is 32.2. The molecule has 4 amide bonds. The van der Waals surface area contributed by atoms with Crippen LogP contribution in [0.2, 0.25) is 0 Å². The van der Waals surface area contributed by atoms with Gasteiger partial charge < -0.3 is 50.6 Å². The van der Waals surface area contributed by atoms with Crippen molar-refractivity contribution in [1.29, 1.82) is 0 Å². The summed E-state index contributed by atoms with van der Waals surface area (Å²) in [6.07, 6.45) is 0.138. The third-order valence-electron chi connectivity index (χ3n) is 14.0. The molecule has 72 heavy (non-hydrogen) atoms. The van der Waals surface area contributed by atoms with Gasteiger partial charge >= 0.3 is 12.2 Å². The monoisotopic (exact) mass is 1010 g/mol. The van der Waals surface area contributed by atoms with Gasteiger partial charge in [0.2, 0.25) is 21.8 Å². The number of carbonyl (C=O) groups is 4. The van der Waals surface area contributed by atoms with Crippen molar-refractivity contribution in [3.05, 3.63) is 125 Å². The lowest BCUT2D eigenvalue weighted by Crippen LogP contribution is -2.51. The van der Waals surface area contributed by atoms with Gasteiger partial charge in [0.15, 0.2) is 6.29 Å². The first-order valence-corrected chi connectivity index (χ1v) is 26.6. The van der Waals surface area contributed by atoms with Crippen LogP contribution in [-0.2, 0) is 51.5 Å². The van der Waals surface area contributed by atoms with Gasteiger partial charge in [0, 0.05) is 38.6 Å². The molecular formula is C54H68N6O11S. The van der Waals surface area contributed by atoms with Crippen molar-refractivity contribution in [1.82, 2.24) is 25.2 Å². The quantitative estimate of drug-likeness (QED) is 0.0621. The summed E-state index contributed by atoms with van der Waals surface area (Å²) in [5.41, 5.74) is 12.4. The molecule has 3 saturated heterocycles. The van der Waals surface area contributed by atoms with E-state index in [2.05, 4.69) is 40.2 Å². The number of nitrogens with two attached hydrogens (primary N) is 1. The number of likely N-dealkylation sites (tertiary alicyclic amines) is 1. The summed E-state index contributed by atoms with van der Waals surface area (Å²) in [4.78, 5) is 54.4. The van der Waals surface area contributed by atoms with Gasteiger partial charge in [-0.05, 0) is 96.4 Å². The van der Waals surface area contributed by atoms with Crippen LogP contribution < -0.4 is 21.7 Å². The van der Waals surface area contributed by atoms with Crippen LogP contribution in [-0.4, -0.2) is 129 Å². The minimum Gasteiger partial charge on any atom is -0.449 e. The van der Waals surface area contributed by atoms with Gasteiger partial charge in [0.05, 0.1) is 42.2 Å². The molecule has 3 heterocycles. The summed E-state index contributed by atoms with van der Waals surface area (Å²) in [5.74, 6) is -0.843. The molecule has 4 aromatic carbocycles. The number of benzene rings is 4. The summed E-state index contributed by atoms with van der Waals surface area (Å²) in [7, 11) is -4.15. The lowest BCUT2D eigenvalue weighted by atomic mass is 9.98. The van der Waals surface area contributed by atoms with Gasteiger partial charge in [-0.15, -0.1) is 0 Å². The Bertz CT molecular complexity index is 2560. The summed E-state index contributed by atoms with van der Waals surface area (Å²) in [6.45, 7) is 5.36. The lowest BCUT2D eigenvalue weighted by molar-refractivity contribution is -0.139. The third kappa shape index (κ3) is 12.8. The number of unbranched alkanes of at least 4 members (excludes halogenated alkanes) is 1. The Morgan fingerprint density at radius 3 is 2.24 bits per heavy atom. The number of rotatable bonds is 22. The molecule has 17 nitrogen and oxygen atoms in total. The van der Waals surface area contributed by atoms with Crippen molar-refractivity contribution >= 4 is 34.0 Å². The molecule has 18 heteroatoms. The van der Waals surface area contributed by atoms with E-state index in [1.54, 1.807) is 12.1 Å². The van der Waals surface area contributed by atoms with Crippen molar-refractivity contribution in [2.24, 2.45) is 17.6 Å². The Morgan fingerprint density at radius 1 is 0.833 bits per heavy atom. The fourth-order valence-corrected chi connectivity index (χ4v) is 11.9. The second-order valence-corrected chi connectivity index (χ2v) is 21.5. The highest BCUT2D eigenvalue weighted by Gasteiger charge is 2.44. The molecule has 0 bridgehead atoms. The smallest absolute Gasteiger partial charge is 0.407 e. The topological polar surface area (TPSA) is 228 Å². The van der Waals surface area contributed by atoms with Crippen molar-refractivity contribution in [2.75, 3.05) is 46.0 Å². The Labute approximate surface area is 422 Å². The summed E-state index contributed by atoms with van der Waals surface area (Å²) < 4.78 is 52.3. The average molecular weight is 1010 g/mol. The van der Waals surface area contributed by atoms with E-state index in [-0.39, 0.29) is 73.7 Å². The van der Waals surface area contributed by atoms with E-state index in [0.717, 1.165) is 27.8 Å². The van der Waals surface area contributed by atoms with E-state index in [1.807, 2.05) is 68.4 Å². The number of nitrogens with one attached hydrogen (secondary N) is 3. The number of nitrogens with zero attached hydrogens (tertiary/aromatic N) is 2. The molecule has 0 saturated carbocycles. The number of sulfonamides is 1. The first kappa shape index (κ1) is 52.4. The molecule has 0 unspecified atom stereocenters. The zero-order valence-corrected chi connectivity index (χ0v) is 41.8. The van der Waals surface area contributed by atoms with Crippen LogP contribution in [0.25, 0.3) is 11.1 Å². The molecule has 4 aliphatic rings. The fourth-order valence-electron chi connectivity index (χ4n) is 10.2. The number of aliphatic hydroxyl groups excluding tert-OH is 1. The van der Waals surface area contributed by atoms with Crippen LogP contribution in [0.4, 0.5) is 9.59 Å². The Kier molecular flexibility index (Phi) is 17.6. The highest BCUT2D eigenvalue weighted by molar-refractivity contribution is 7.89. The molecule has 8 rings (SSSR count). The first-order valence-electron chi connectivity index (χ1n) is 25.2. The zero-order valence-electron chi connectivity index (χ0n) is 41.0. The standard InChI is InChI=1S/C54H68N6O11S/c1-35(2)31-59(32-48(61)46(29-36-13-4-3-5-14-36)58-54(65)71-49-34-69-52-43(49)25-28-68-52)72(66,67)38-23-21-37(22-24-38)30-57-50(62)47-20-12-27-60(47)51(63)45(55)19-10-11-26-56-53(64)70-33-44-41-17-8-6-15-39(41)40-16-7-9-18-42(40)44/h3-9,13-18,21-24,35,43-49,52,61H,10-12,19-20,25-34,55H2,1-2H3,(H,56,64)(H,57,62)(H,58,65)/t43-,45-,46-,47-,48+,49-,52+/m0/s1. The summed E-state index contributed by atoms with van der Waals surface area (Å²) in [6, 6.07) is 29.4. The predicted octanol–water partition coefficient (Wildman–Crippen LogP) is 5.44. The minimum absolute atomic E-state index is 0.00143.